The van der Waals surface area contributed by atoms with Crippen LogP contribution >= 0.6 is 11.7 Å². The second kappa shape index (κ2) is 7.19. The third-order valence-corrected chi connectivity index (χ3v) is 4.74. The highest BCUT2D eigenvalue weighted by molar-refractivity contribution is 6.99. The van der Waals surface area contributed by atoms with Crippen LogP contribution in [0.4, 0.5) is 0 Å². The summed E-state index contributed by atoms with van der Waals surface area (Å²) in [4.78, 5) is 0. The monoisotopic (exact) mass is 267 g/mol. The van der Waals surface area contributed by atoms with Crippen LogP contribution in [0.5, 0.6) is 0 Å². The van der Waals surface area contributed by atoms with Crippen molar-refractivity contribution in [3.05, 3.63) is 11.9 Å². The van der Waals surface area contributed by atoms with E-state index in [1.807, 2.05) is 6.20 Å². The second-order valence-corrected chi connectivity index (χ2v) is 6.01. The summed E-state index contributed by atoms with van der Waals surface area (Å²) in [6, 6.07) is 0.432. The molecule has 0 aromatic carbocycles. The topological polar surface area (TPSA) is 37.8 Å². The molecule has 1 unspecified atom stereocenters. The summed E-state index contributed by atoms with van der Waals surface area (Å²) in [6.07, 6.45) is 9.95. The van der Waals surface area contributed by atoms with E-state index in [1.165, 1.54) is 50.3 Å². The van der Waals surface area contributed by atoms with Crippen LogP contribution in [-0.2, 0) is 0 Å². The van der Waals surface area contributed by atoms with Crippen molar-refractivity contribution in [2.45, 2.75) is 58.4 Å². The van der Waals surface area contributed by atoms with Crippen LogP contribution < -0.4 is 5.32 Å². The van der Waals surface area contributed by atoms with E-state index in [2.05, 4.69) is 27.9 Å². The number of rotatable bonds is 6. The quantitative estimate of drug-likeness (QED) is 0.852. The number of nitrogens with zero attached hydrogens (tertiary/aromatic N) is 2. The van der Waals surface area contributed by atoms with Crippen molar-refractivity contribution in [3.8, 4) is 0 Å². The lowest BCUT2D eigenvalue weighted by atomic mass is 9.77. The summed E-state index contributed by atoms with van der Waals surface area (Å²) in [6.45, 7) is 5.62. The van der Waals surface area contributed by atoms with E-state index in [0.29, 0.717) is 6.04 Å². The minimum Gasteiger partial charge on any atom is -0.308 e. The lowest BCUT2D eigenvalue weighted by Crippen LogP contribution is -2.31. The molecular weight excluding hydrogens is 242 g/mol. The molecule has 1 N–H and O–H groups in total. The molecule has 1 aliphatic rings. The highest BCUT2D eigenvalue weighted by Gasteiger charge is 2.28. The van der Waals surface area contributed by atoms with E-state index in [-0.39, 0.29) is 0 Å². The maximum absolute atomic E-state index is 4.45. The smallest absolute Gasteiger partial charge is 0.0915 e. The normalized spacial score (nSPS) is 26.1. The van der Waals surface area contributed by atoms with Gasteiger partial charge < -0.3 is 5.32 Å². The Morgan fingerprint density at radius 2 is 2.11 bits per heavy atom. The second-order valence-electron chi connectivity index (χ2n) is 5.45. The molecule has 18 heavy (non-hydrogen) atoms. The van der Waals surface area contributed by atoms with Crippen molar-refractivity contribution in [2.24, 2.45) is 11.8 Å². The Morgan fingerprint density at radius 1 is 1.33 bits per heavy atom. The van der Waals surface area contributed by atoms with Gasteiger partial charge >= 0.3 is 0 Å². The van der Waals surface area contributed by atoms with Crippen molar-refractivity contribution in [3.63, 3.8) is 0 Å². The summed E-state index contributed by atoms with van der Waals surface area (Å²) in [5.74, 6) is 1.71. The average Bonchev–Trinajstić information content (AvgIpc) is 2.94. The van der Waals surface area contributed by atoms with Gasteiger partial charge in [0.1, 0.15) is 0 Å². The van der Waals surface area contributed by atoms with Crippen molar-refractivity contribution in [1.29, 1.82) is 0 Å². The molecule has 0 spiro atoms. The lowest BCUT2D eigenvalue weighted by molar-refractivity contribution is 0.217. The first-order valence-corrected chi connectivity index (χ1v) is 8.09. The summed E-state index contributed by atoms with van der Waals surface area (Å²) in [5, 5.41) is 3.68. The zero-order valence-electron chi connectivity index (χ0n) is 11.6. The van der Waals surface area contributed by atoms with Gasteiger partial charge in [-0.05, 0) is 37.6 Å². The Labute approximate surface area is 115 Å². The highest BCUT2D eigenvalue weighted by Crippen LogP contribution is 2.37. The third kappa shape index (κ3) is 3.51. The van der Waals surface area contributed by atoms with Crippen molar-refractivity contribution in [2.75, 3.05) is 6.54 Å². The molecule has 4 heteroatoms. The minimum atomic E-state index is 0.432. The maximum atomic E-state index is 4.45. The molecule has 3 nitrogen and oxygen atoms in total. The predicted octanol–water partition coefficient (Wildman–Crippen LogP) is 3.80. The first kappa shape index (κ1) is 13.9. The molecule has 1 saturated carbocycles. The third-order valence-electron chi connectivity index (χ3n) is 4.25. The SMILES string of the molecule is CCCNC(c1cnsn1)C1CCC(CC)CC1. The summed E-state index contributed by atoms with van der Waals surface area (Å²) in [5.41, 5.74) is 1.16. The maximum Gasteiger partial charge on any atom is 0.0915 e. The van der Waals surface area contributed by atoms with Gasteiger partial charge in [-0.2, -0.15) is 8.75 Å². The Balaban J connectivity index is 1.96. The molecule has 0 saturated heterocycles. The van der Waals surface area contributed by atoms with Crippen LogP contribution in [0.2, 0.25) is 0 Å². The summed E-state index contributed by atoms with van der Waals surface area (Å²) in [7, 11) is 0. The number of hydrogen-bond acceptors (Lipinski definition) is 4. The molecule has 102 valence electrons. The molecule has 0 amide bonds. The molecule has 1 fully saturated rings. The van der Waals surface area contributed by atoms with Gasteiger partial charge in [0.15, 0.2) is 0 Å². The molecular formula is C14H25N3S. The fourth-order valence-electron chi connectivity index (χ4n) is 3.05. The van der Waals surface area contributed by atoms with Crippen molar-refractivity contribution >= 4 is 11.7 Å². The van der Waals surface area contributed by atoms with E-state index in [0.717, 1.165) is 24.1 Å². The van der Waals surface area contributed by atoms with Crippen LogP contribution in [0.15, 0.2) is 6.20 Å². The lowest BCUT2D eigenvalue weighted by Gasteiger charge is -2.33. The Hall–Kier alpha value is -0.480. The van der Waals surface area contributed by atoms with Crippen LogP contribution in [0.3, 0.4) is 0 Å². The van der Waals surface area contributed by atoms with E-state index in [4.69, 9.17) is 0 Å². The zero-order chi connectivity index (χ0) is 12.8. The van der Waals surface area contributed by atoms with E-state index >= 15 is 0 Å². The Morgan fingerprint density at radius 3 is 2.67 bits per heavy atom. The molecule has 1 heterocycles. The Bertz CT molecular complexity index is 318. The van der Waals surface area contributed by atoms with Crippen LogP contribution in [-0.4, -0.2) is 15.3 Å². The van der Waals surface area contributed by atoms with Crippen LogP contribution in [0.25, 0.3) is 0 Å². The van der Waals surface area contributed by atoms with Crippen molar-refractivity contribution < 1.29 is 0 Å². The Kier molecular flexibility index (Phi) is 5.57. The molecule has 1 aliphatic carbocycles. The number of nitrogens with one attached hydrogen (secondary N) is 1. The van der Waals surface area contributed by atoms with Gasteiger partial charge in [-0.3, -0.25) is 0 Å². The first-order valence-electron chi connectivity index (χ1n) is 7.36. The summed E-state index contributed by atoms with van der Waals surface area (Å²) < 4.78 is 8.62. The molecule has 0 radical (unpaired) electrons. The van der Waals surface area contributed by atoms with Gasteiger partial charge in [0.2, 0.25) is 0 Å². The molecule has 2 rings (SSSR count). The zero-order valence-corrected chi connectivity index (χ0v) is 12.4. The van der Waals surface area contributed by atoms with Gasteiger partial charge in [-0.15, -0.1) is 0 Å². The van der Waals surface area contributed by atoms with E-state index in [9.17, 15) is 0 Å². The van der Waals surface area contributed by atoms with E-state index < -0.39 is 0 Å². The van der Waals surface area contributed by atoms with Crippen LogP contribution in [0, 0.1) is 11.8 Å². The van der Waals surface area contributed by atoms with Crippen molar-refractivity contribution in [1.82, 2.24) is 14.1 Å². The molecule has 1 aromatic heterocycles. The standard InChI is InChI=1S/C14H25N3S/c1-3-9-15-14(13-10-16-18-17-13)12-7-5-11(4-2)6-8-12/h10-12,14-15H,3-9H2,1-2H3. The molecule has 0 bridgehead atoms. The number of hydrogen-bond donors (Lipinski definition) is 1. The molecule has 1 atom stereocenters. The minimum absolute atomic E-state index is 0.432. The first-order chi connectivity index (χ1) is 8.85. The van der Waals surface area contributed by atoms with Gasteiger partial charge in [-0.25, -0.2) is 0 Å². The van der Waals surface area contributed by atoms with Gasteiger partial charge in [0, 0.05) is 0 Å². The highest BCUT2D eigenvalue weighted by atomic mass is 32.1. The molecule has 1 aromatic rings. The average molecular weight is 267 g/mol. The van der Waals surface area contributed by atoms with Gasteiger partial charge in [-0.1, -0.05) is 33.1 Å². The predicted molar refractivity (Wildman–Crippen MR) is 76.7 cm³/mol. The fraction of sp³-hybridized carbons (Fsp3) is 0.857. The van der Waals surface area contributed by atoms with E-state index in [1.54, 1.807) is 0 Å². The molecule has 0 aliphatic heterocycles. The largest absolute Gasteiger partial charge is 0.308 e. The number of aromatic nitrogens is 2. The van der Waals surface area contributed by atoms with Crippen LogP contribution in [0.1, 0.15) is 64.1 Å². The van der Waals surface area contributed by atoms with Gasteiger partial charge in [0.25, 0.3) is 0 Å². The summed E-state index contributed by atoms with van der Waals surface area (Å²) >= 11 is 1.33. The van der Waals surface area contributed by atoms with Gasteiger partial charge in [0.05, 0.1) is 29.7 Å². The fourth-order valence-corrected chi connectivity index (χ4v) is 3.51.